The van der Waals surface area contributed by atoms with Crippen molar-refractivity contribution in [3.8, 4) is 11.5 Å². The monoisotopic (exact) mass is 439 g/mol. The van der Waals surface area contributed by atoms with E-state index in [1.807, 2.05) is 0 Å². The molecule has 0 radical (unpaired) electrons. The number of amides is 1. The number of nitrogens with zero attached hydrogens (tertiary/aromatic N) is 2. The predicted molar refractivity (Wildman–Crippen MR) is 109 cm³/mol. The minimum absolute atomic E-state index is 0.0689. The Kier molecular flexibility index (Phi) is 7.27. The van der Waals surface area contributed by atoms with Crippen molar-refractivity contribution in [2.45, 2.75) is 38.7 Å². The number of halogens is 1. The molecule has 0 bridgehead atoms. The molecule has 8 nitrogen and oxygen atoms in total. The molecule has 0 unspecified atom stereocenters. The maximum Gasteiger partial charge on any atom is 0.340 e. The van der Waals surface area contributed by atoms with Crippen molar-refractivity contribution in [1.82, 2.24) is 9.59 Å². The maximum absolute atomic E-state index is 12.7. The molecule has 1 aromatic heterocycles. The Bertz CT molecular complexity index is 883. The van der Waals surface area contributed by atoms with Crippen LogP contribution in [0.1, 0.15) is 48.2 Å². The number of aromatic nitrogens is 2. The Hall–Kier alpha value is -2.39. The van der Waals surface area contributed by atoms with Crippen molar-refractivity contribution < 1.29 is 23.8 Å². The molecule has 0 spiro atoms. The summed E-state index contributed by atoms with van der Waals surface area (Å²) in [5.41, 5.74) is 0.843. The zero-order valence-electron chi connectivity index (χ0n) is 16.2. The predicted octanol–water partition coefficient (Wildman–Crippen LogP) is 4.08. The summed E-state index contributed by atoms with van der Waals surface area (Å²) in [5.74, 6) is -0.0782. The Morgan fingerprint density at radius 2 is 1.86 bits per heavy atom. The lowest BCUT2D eigenvalue weighted by molar-refractivity contribution is -0.120. The quantitative estimate of drug-likeness (QED) is 0.648. The van der Waals surface area contributed by atoms with Gasteiger partial charge in [0.15, 0.2) is 11.5 Å². The summed E-state index contributed by atoms with van der Waals surface area (Å²) in [4.78, 5) is 25.5. The highest BCUT2D eigenvalue weighted by Crippen LogP contribution is 2.35. The third-order valence-corrected chi connectivity index (χ3v) is 5.81. The summed E-state index contributed by atoms with van der Waals surface area (Å²) in [7, 11) is 2.95. The van der Waals surface area contributed by atoms with Crippen molar-refractivity contribution in [3.05, 3.63) is 27.7 Å². The molecule has 10 heteroatoms. The van der Waals surface area contributed by atoms with Crippen LogP contribution < -0.4 is 14.8 Å². The van der Waals surface area contributed by atoms with E-state index in [9.17, 15) is 9.59 Å². The minimum atomic E-state index is -0.644. The lowest BCUT2D eigenvalue weighted by Gasteiger charge is -2.22. The van der Waals surface area contributed by atoms with Crippen LogP contribution in [0.2, 0.25) is 4.34 Å². The van der Waals surface area contributed by atoms with Crippen molar-refractivity contribution >= 4 is 40.7 Å². The molecule has 1 aromatic carbocycles. The molecule has 0 atom stereocenters. The zero-order chi connectivity index (χ0) is 20.8. The number of anilines is 1. The molecule has 1 aliphatic rings. The molecule has 156 valence electrons. The van der Waals surface area contributed by atoms with Crippen LogP contribution in [0.3, 0.4) is 0 Å². The standard InChI is InChI=1S/C19H22ClN3O5S/c1-26-15-8-12(19(25)28-10-14-17(20)29-23-22-14)13(9-16(15)27-2)21-18(24)11-6-4-3-5-7-11/h8-9,11H,3-7,10H2,1-2H3,(H,21,24). The number of carbonyl (C=O) groups excluding carboxylic acids is 2. The average Bonchev–Trinajstić information content (AvgIpc) is 3.16. The first kappa shape index (κ1) is 21.3. The van der Waals surface area contributed by atoms with E-state index in [2.05, 4.69) is 14.9 Å². The first-order chi connectivity index (χ1) is 14.0. The number of rotatable bonds is 7. The second-order valence-corrected chi connectivity index (χ2v) is 8.00. The summed E-state index contributed by atoms with van der Waals surface area (Å²) in [5, 5.41) is 6.68. The fraction of sp³-hybridized carbons (Fsp3) is 0.474. The molecule has 29 heavy (non-hydrogen) atoms. The molecule has 1 N–H and O–H groups in total. The van der Waals surface area contributed by atoms with E-state index in [4.69, 9.17) is 25.8 Å². The molecule has 2 aromatic rings. The number of esters is 1. The van der Waals surface area contributed by atoms with Gasteiger partial charge in [-0.3, -0.25) is 4.79 Å². The van der Waals surface area contributed by atoms with Gasteiger partial charge >= 0.3 is 5.97 Å². The Morgan fingerprint density at radius 3 is 2.48 bits per heavy atom. The molecule has 3 rings (SSSR count). The van der Waals surface area contributed by atoms with Gasteiger partial charge in [0.05, 0.1) is 25.5 Å². The normalized spacial score (nSPS) is 14.3. The highest BCUT2D eigenvalue weighted by atomic mass is 35.5. The van der Waals surface area contributed by atoms with Gasteiger partial charge in [-0.25, -0.2) is 4.79 Å². The fourth-order valence-electron chi connectivity index (χ4n) is 3.25. The fourth-order valence-corrected chi connectivity index (χ4v) is 3.85. The van der Waals surface area contributed by atoms with Gasteiger partial charge < -0.3 is 19.5 Å². The Labute approximate surface area is 177 Å². The van der Waals surface area contributed by atoms with Crippen molar-refractivity contribution in [1.29, 1.82) is 0 Å². The number of hydrogen-bond acceptors (Lipinski definition) is 8. The second-order valence-electron chi connectivity index (χ2n) is 6.65. The van der Waals surface area contributed by atoms with Crippen LogP contribution in [0.5, 0.6) is 11.5 Å². The van der Waals surface area contributed by atoms with Crippen LogP contribution in [0, 0.1) is 5.92 Å². The van der Waals surface area contributed by atoms with Gasteiger partial charge in [0.25, 0.3) is 0 Å². The molecular formula is C19H22ClN3O5S. The number of carbonyl (C=O) groups is 2. The third-order valence-electron chi connectivity index (χ3n) is 4.83. The number of hydrogen-bond donors (Lipinski definition) is 1. The summed E-state index contributed by atoms with van der Waals surface area (Å²) in [6, 6.07) is 3.05. The molecular weight excluding hydrogens is 418 g/mol. The molecule has 1 heterocycles. The third kappa shape index (κ3) is 5.16. The van der Waals surface area contributed by atoms with E-state index in [-0.39, 0.29) is 24.0 Å². The van der Waals surface area contributed by atoms with Crippen LogP contribution in [0.15, 0.2) is 12.1 Å². The van der Waals surface area contributed by atoms with Gasteiger partial charge in [-0.15, -0.1) is 5.10 Å². The topological polar surface area (TPSA) is 99.6 Å². The molecule has 1 amide bonds. The highest BCUT2D eigenvalue weighted by molar-refractivity contribution is 7.10. The van der Waals surface area contributed by atoms with E-state index in [1.54, 1.807) is 6.07 Å². The van der Waals surface area contributed by atoms with Gasteiger partial charge in [0.1, 0.15) is 16.6 Å². The van der Waals surface area contributed by atoms with Gasteiger partial charge in [-0.2, -0.15) is 0 Å². The van der Waals surface area contributed by atoms with E-state index in [0.29, 0.717) is 27.2 Å². The highest BCUT2D eigenvalue weighted by Gasteiger charge is 2.25. The Morgan fingerprint density at radius 1 is 1.17 bits per heavy atom. The second kappa shape index (κ2) is 9.89. The molecule has 1 aliphatic carbocycles. The van der Waals surface area contributed by atoms with Crippen molar-refractivity contribution in [3.63, 3.8) is 0 Å². The Balaban J connectivity index is 1.83. The molecule has 1 fully saturated rings. The smallest absolute Gasteiger partial charge is 0.340 e. The first-order valence-corrected chi connectivity index (χ1v) is 10.4. The van der Waals surface area contributed by atoms with Crippen LogP contribution in [0.25, 0.3) is 0 Å². The number of nitrogens with one attached hydrogen (secondary N) is 1. The van der Waals surface area contributed by atoms with Crippen molar-refractivity contribution in [2.75, 3.05) is 19.5 Å². The van der Waals surface area contributed by atoms with Crippen LogP contribution in [-0.2, 0) is 16.1 Å². The van der Waals surface area contributed by atoms with Gasteiger partial charge in [0.2, 0.25) is 5.91 Å². The molecule has 0 aliphatic heterocycles. The van der Waals surface area contributed by atoms with Crippen LogP contribution >= 0.6 is 23.1 Å². The van der Waals surface area contributed by atoms with Gasteiger partial charge in [0, 0.05) is 29.6 Å². The SMILES string of the molecule is COc1cc(NC(=O)C2CCCCC2)c(C(=O)OCc2nnsc2Cl)cc1OC. The lowest BCUT2D eigenvalue weighted by Crippen LogP contribution is -2.26. The first-order valence-electron chi connectivity index (χ1n) is 9.24. The van der Waals surface area contributed by atoms with Crippen LogP contribution in [0.4, 0.5) is 5.69 Å². The summed E-state index contributed by atoms with van der Waals surface area (Å²) >= 11 is 6.96. The zero-order valence-corrected chi connectivity index (χ0v) is 17.8. The van der Waals surface area contributed by atoms with Crippen molar-refractivity contribution in [2.24, 2.45) is 5.92 Å². The van der Waals surface area contributed by atoms with Crippen LogP contribution in [-0.4, -0.2) is 35.7 Å². The largest absolute Gasteiger partial charge is 0.493 e. The molecule has 1 saturated carbocycles. The van der Waals surface area contributed by atoms with E-state index < -0.39 is 5.97 Å². The number of methoxy groups -OCH3 is 2. The number of ether oxygens (including phenoxy) is 3. The summed E-state index contributed by atoms with van der Waals surface area (Å²) in [6.07, 6.45) is 4.89. The lowest BCUT2D eigenvalue weighted by atomic mass is 9.88. The summed E-state index contributed by atoms with van der Waals surface area (Å²) < 4.78 is 20.0. The van der Waals surface area contributed by atoms with Gasteiger partial charge in [-0.1, -0.05) is 35.4 Å². The van der Waals surface area contributed by atoms with E-state index >= 15 is 0 Å². The minimum Gasteiger partial charge on any atom is -0.493 e. The van der Waals surface area contributed by atoms with Gasteiger partial charge in [-0.05, 0) is 12.8 Å². The average molecular weight is 440 g/mol. The summed E-state index contributed by atoms with van der Waals surface area (Å²) in [6.45, 7) is -0.126. The maximum atomic E-state index is 12.7. The van der Waals surface area contributed by atoms with E-state index in [0.717, 1.165) is 43.6 Å². The van der Waals surface area contributed by atoms with E-state index in [1.165, 1.54) is 20.3 Å². The number of benzene rings is 1. The molecule has 0 saturated heterocycles.